The maximum atomic E-state index is 12.6. The predicted molar refractivity (Wildman–Crippen MR) is 104 cm³/mol. The average molecular weight is 365 g/mol. The second-order valence-corrected chi connectivity index (χ2v) is 6.83. The van der Waals surface area contributed by atoms with E-state index in [1.807, 2.05) is 52.0 Å². The van der Waals surface area contributed by atoms with Gasteiger partial charge in [-0.1, -0.05) is 12.1 Å². The Labute approximate surface area is 157 Å². The molecule has 2 aromatic heterocycles. The molecular formula is C20H23N5O2. The topological polar surface area (TPSA) is 81.8 Å². The van der Waals surface area contributed by atoms with Gasteiger partial charge in [0.1, 0.15) is 6.54 Å². The molecule has 0 fully saturated rings. The lowest BCUT2D eigenvalue weighted by Crippen LogP contribution is -2.32. The maximum Gasteiger partial charge on any atom is 0.255 e. The fourth-order valence-electron chi connectivity index (χ4n) is 2.95. The Morgan fingerprint density at radius 3 is 2.44 bits per heavy atom. The standard InChI is InChI=1S/C20H23N5O2/c1-12-6-7-13(2)17(8-12)22-18(26)11-24-19(27)10-14(3)21-20(24)25-16(5)9-15(4)23-25/h6-10H,11H2,1-5H3,(H,22,26). The number of hydrogen-bond acceptors (Lipinski definition) is 4. The summed E-state index contributed by atoms with van der Waals surface area (Å²) in [7, 11) is 0. The number of rotatable bonds is 4. The van der Waals surface area contributed by atoms with Crippen molar-refractivity contribution in [1.82, 2.24) is 19.3 Å². The van der Waals surface area contributed by atoms with Crippen LogP contribution in [0, 0.1) is 34.6 Å². The minimum atomic E-state index is -0.292. The first-order chi connectivity index (χ1) is 12.7. The van der Waals surface area contributed by atoms with Crippen LogP contribution in [0.5, 0.6) is 0 Å². The normalized spacial score (nSPS) is 10.9. The number of carbonyl (C=O) groups is 1. The number of amides is 1. The van der Waals surface area contributed by atoms with Crippen molar-refractivity contribution in [1.29, 1.82) is 0 Å². The molecule has 2 heterocycles. The molecule has 1 aromatic carbocycles. The fourth-order valence-corrected chi connectivity index (χ4v) is 2.95. The highest BCUT2D eigenvalue weighted by Crippen LogP contribution is 2.16. The molecule has 0 radical (unpaired) electrons. The van der Waals surface area contributed by atoms with Crippen molar-refractivity contribution < 1.29 is 4.79 Å². The number of nitrogens with zero attached hydrogens (tertiary/aromatic N) is 4. The second kappa shape index (κ2) is 7.19. The maximum absolute atomic E-state index is 12.6. The fraction of sp³-hybridized carbons (Fsp3) is 0.300. The largest absolute Gasteiger partial charge is 0.324 e. The number of aryl methyl sites for hydroxylation is 5. The van der Waals surface area contributed by atoms with E-state index >= 15 is 0 Å². The summed E-state index contributed by atoms with van der Waals surface area (Å²) in [4.78, 5) is 29.6. The van der Waals surface area contributed by atoms with Crippen LogP contribution in [0.3, 0.4) is 0 Å². The van der Waals surface area contributed by atoms with Gasteiger partial charge in [-0.05, 0) is 57.9 Å². The Bertz CT molecular complexity index is 1080. The van der Waals surface area contributed by atoms with Crippen LogP contribution < -0.4 is 10.9 Å². The van der Waals surface area contributed by atoms with E-state index in [1.54, 1.807) is 11.6 Å². The van der Waals surface area contributed by atoms with Crippen molar-refractivity contribution in [2.75, 3.05) is 5.32 Å². The minimum Gasteiger partial charge on any atom is -0.324 e. The van der Waals surface area contributed by atoms with Crippen molar-refractivity contribution in [3.8, 4) is 5.95 Å². The summed E-state index contributed by atoms with van der Waals surface area (Å²) in [5, 5.41) is 7.29. The van der Waals surface area contributed by atoms with Crippen LogP contribution >= 0.6 is 0 Å². The highest BCUT2D eigenvalue weighted by Gasteiger charge is 2.16. The van der Waals surface area contributed by atoms with Gasteiger partial charge in [-0.15, -0.1) is 0 Å². The molecule has 3 aromatic rings. The molecule has 0 aliphatic rings. The lowest BCUT2D eigenvalue weighted by Gasteiger charge is -2.14. The van der Waals surface area contributed by atoms with Crippen LogP contribution in [0.25, 0.3) is 5.95 Å². The van der Waals surface area contributed by atoms with Gasteiger partial charge in [-0.3, -0.25) is 14.2 Å². The van der Waals surface area contributed by atoms with E-state index < -0.39 is 0 Å². The van der Waals surface area contributed by atoms with E-state index in [9.17, 15) is 9.59 Å². The number of carbonyl (C=O) groups excluding carboxylic acids is 1. The molecule has 0 saturated heterocycles. The monoisotopic (exact) mass is 365 g/mol. The predicted octanol–water partition coefficient (Wildman–Crippen LogP) is 2.61. The summed E-state index contributed by atoms with van der Waals surface area (Å²) in [5.74, 6) is 0.0425. The van der Waals surface area contributed by atoms with Gasteiger partial charge in [0.15, 0.2) is 0 Å². The van der Waals surface area contributed by atoms with Gasteiger partial charge in [0.05, 0.1) is 5.69 Å². The van der Waals surface area contributed by atoms with Crippen LogP contribution in [-0.4, -0.2) is 25.2 Å². The van der Waals surface area contributed by atoms with Crippen LogP contribution in [-0.2, 0) is 11.3 Å². The van der Waals surface area contributed by atoms with Crippen molar-refractivity contribution in [3.05, 3.63) is 68.9 Å². The van der Waals surface area contributed by atoms with Gasteiger partial charge < -0.3 is 5.32 Å². The zero-order valence-corrected chi connectivity index (χ0v) is 16.2. The first-order valence-electron chi connectivity index (χ1n) is 8.74. The highest BCUT2D eigenvalue weighted by atomic mass is 16.2. The molecule has 27 heavy (non-hydrogen) atoms. The highest BCUT2D eigenvalue weighted by molar-refractivity contribution is 5.91. The lowest BCUT2D eigenvalue weighted by molar-refractivity contribution is -0.116. The summed E-state index contributed by atoms with van der Waals surface area (Å²) < 4.78 is 2.93. The first kappa shape index (κ1) is 18.6. The van der Waals surface area contributed by atoms with Gasteiger partial charge in [-0.2, -0.15) is 5.10 Å². The van der Waals surface area contributed by atoms with Gasteiger partial charge >= 0.3 is 0 Å². The summed E-state index contributed by atoms with van der Waals surface area (Å²) in [6, 6.07) is 9.16. The zero-order valence-electron chi connectivity index (χ0n) is 16.2. The summed E-state index contributed by atoms with van der Waals surface area (Å²) in [5.41, 5.74) is 4.69. The molecule has 0 spiro atoms. The molecule has 7 heteroatoms. The second-order valence-electron chi connectivity index (χ2n) is 6.83. The molecule has 3 rings (SSSR count). The van der Waals surface area contributed by atoms with E-state index in [2.05, 4.69) is 15.4 Å². The van der Waals surface area contributed by atoms with Crippen LogP contribution in [0.2, 0.25) is 0 Å². The summed E-state index contributed by atoms with van der Waals surface area (Å²) >= 11 is 0. The SMILES string of the molecule is Cc1ccc(C)c(NC(=O)Cn2c(-n3nc(C)cc3C)nc(C)cc2=O)c1. The molecule has 140 valence electrons. The van der Waals surface area contributed by atoms with Crippen molar-refractivity contribution in [2.45, 2.75) is 41.2 Å². The average Bonchev–Trinajstić information content (AvgIpc) is 2.91. The first-order valence-corrected chi connectivity index (χ1v) is 8.74. The molecule has 0 saturated carbocycles. The van der Waals surface area contributed by atoms with Crippen LogP contribution in [0.1, 0.15) is 28.2 Å². The number of benzene rings is 1. The molecule has 0 aliphatic heterocycles. The van der Waals surface area contributed by atoms with Gasteiger partial charge in [-0.25, -0.2) is 9.67 Å². The van der Waals surface area contributed by atoms with Gasteiger partial charge in [0.25, 0.3) is 5.56 Å². The van der Waals surface area contributed by atoms with Crippen LogP contribution in [0.4, 0.5) is 5.69 Å². The van der Waals surface area contributed by atoms with E-state index in [4.69, 9.17) is 0 Å². The molecule has 1 amide bonds. The molecule has 0 atom stereocenters. The Balaban J connectivity index is 1.97. The number of nitrogens with one attached hydrogen (secondary N) is 1. The smallest absolute Gasteiger partial charge is 0.255 e. The van der Waals surface area contributed by atoms with Gasteiger partial charge in [0.2, 0.25) is 11.9 Å². The molecule has 0 unspecified atom stereocenters. The Morgan fingerprint density at radius 2 is 1.78 bits per heavy atom. The molecular weight excluding hydrogens is 342 g/mol. The van der Waals surface area contributed by atoms with Crippen LogP contribution in [0.15, 0.2) is 35.1 Å². The number of hydrogen-bond donors (Lipinski definition) is 1. The third-order valence-corrected chi connectivity index (χ3v) is 4.28. The molecule has 0 bridgehead atoms. The Kier molecular flexibility index (Phi) is 4.94. The summed E-state index contributed by atoms with van der Waals surface area (Å²) in [6.45, 7) is 9.24. The lowest BCUT2D eigenvalue weighted by atomic mass is 10.1. The third kappa shape index (κ3) is 3.97. The molecule has 7 nitrogen and oxygen atoms in total. The van der Waals surface area contributed by atoms with E-state index in [-0.39, 0.29) is 18.0 Å². The molecule has 0 aliphatic carbocycles. The van der Waals surface area contributed by atoms with Crippen molar-refractivity contribution >= 4 is 11.6 Å². The summed E-state index contributed by atoms with van der Waals surface area (Å²) in [6.07, 6.45) is 0. The third-order valence-electron chi connectivity index (χ3n) is 4.28. The number of aromatic nitrogens is 4. The quantitative estimate of drug-likeness (QED) is 0.770. The van der Waals surface area contributed by atoms with Crippen molar-refractivity contribution in [3.63, 3.8) is 0 Å². The Hall–Kier alpha value is -3.22. The van der Waals surface area contributed by atoms with Gasteiger partial charge in [0, 0.05) is 23.1 Å². The van der Waals surface area contributed by atoms with E-state index in [1.165, 1.54) is 10.6 Å². The van der Waals surface area contributed by atoms with E-state index in [0.717, 1.165) is 28.2 Å². The minimum absolute atomic E-state index is 0.146. The number of anilines is 1. The Morgan fingerprint density at radius 1 is 1.04 bits per heavy atom. The van der Waals surface area contributed by atoms with E-state index in [0.29, 0.717) is 11.6 Å². The molecule has 1 N–H and O–H groups in total. The van der Waals surface area contributed by atoms with Crippen molar-refractivity contribution in [2.24, 2.45) is 0 Å². The zero-order chi connectivity index (χ0) is 19.7.